The van der Waals surface area contributed by atoms with Gasteiger partial charge in [-0.25, -0.2) is 0 Å². The minimum atomic E-state index is 0.526. The van der Waals surface area contributed by atoms with Crippen LogP contribution in [0.5, 0.6) is 0 Å². The van der Waals surface area contributed by atoms with Gasteiger partial charge in [-0.2, -0.15) is 0 Å². The molecule has 0 amide bonds. The maximum Gasteiger partial charge on any atom is 0.0328 e. The Hall–Kier alpha value is -0.860. The van der Waals surface area contributed by atoms with Crippen molar-refractivity contribution in [2.24, 2.45) is 17.6 Å². The molecule has 0 radical (unpaired) electrons. The first-order valence-corrected chi connectivity index (χ1v) is 5.40. The highest BCUT2D eigenvalue weighted by Gasteiger charge is 2.43. The van der Waals surface area contributed by atoms with Crippen molar-refractivity contribution in [2.45, 2.75) is 18.5 Å². The molecule has 1 saturated heterocycles. The molecule has 3 rings (SSSR count). The third kappa shape index (κ3) is 1.04. The Bertz CT molecular complexity index is 327. The molecule has 2 nitrogen and oxygen atoms in total. The van der Waals surface area contributed by atoms with E-state index in [0.29, 0.717) is 30.5 Å². The molecular formula is C12H16N2. The Morgan fingerprint density at radius 2 is 2.36 bits per heavy atom. The minimum Gasteiger partial charge on any atom is -0.327 e. The first-order valence-electron chi connectivity index (χ1n) is 5.40. The number of hydrogen-bond acceptors (Lipinski definition) is 2. The van der Waals surface area contributed by atoms with Gasteiger partial charge in [0.05, 0.1) is 0 Å². The molecule has 2 heteroatoms. The smallest absolute Gasteiger partial charge is 0.0328 e. The number of allylic oxidation sites excluding steroid dienone is 2. The standard InChI is InChI=1S/C12H16N2/c13-7-8-3-1-6-11-12(8)9-4-2-5-10(9)14-11/h1-4,6,9-12,14H,5,7,13H2. The van der Waals surface area contributed by atoms with E-state index in [0.717, 1.165) is 0 Å². The van der Waals surface area contributed by atoms with Crippen LogP contribution in [0, 0.1) is 11.8 Å². The Kier molecular flexibility index (Phi) is 1.85. The van der Waals surface area contributed by atoms with Crippen molar-refractivity contribution in [1.82, 2.24) is 5.32 Å². The van der Waals surface area contributed by atoms with Crippen LogP contribution in [0.25, 0.3) is 0 Å². The van der Waals surface area contributed by atoms with Crippen molar-refractivity contribution in [1.29, 1.82) is 0 Å². The maximum absolute atomic E-state index is 5.79. The van der Waals surface area contributed by atoms with Crippen molar-refractivity contribution in [3.8, 4) is 0 Å². The van der Waals surface area contributed by atoms with Gasteiger partial charge in [0.25, 0.3) is 0 Å². The van der Waals surface area contributed by atoms with E-state index in [1.807, 2.05) is 0 Å². The first-order chi connectivity index (χ1) is 6.90. The van der Waals surface area contributed by atoms with E-state index >= 15 is 0 Å². The highest BCUT2D eigenvalue weighted by atomic mass is 15.0. The van der Waals surface area contributed by atoms with Crippen LogP contribution < -0.4 is 11.1 Å². The second kappa shape index (κ2) is 3.07. The van der Waals surface area contributed by atoms with E-state index in [9.17, 15) is 0 Å². The van der Waals surface area contributed by atoms with Crippen molar-refractivity contribution >= 4 is 0 Å². The lowest BCUT2D eigenvalue weighted by atomic mass is 9.80. The second-order valence-corrected chi connectivity index (χ2v) is 4.40. The summed E-state index contributed by atoms with van der Waals surface area (Å²) in [6.45, 7) is 0.699. The van der Waals surface area contributed by atoms with Gasteiger partial charge in [-0.05, 0) is 6.42 Å². The summed E-state index contributed by atoms with van der Waals surface area (Å²) in [5.74, 6) is 1.30. The number of nitrogens with one attached hydrogen (secondary N) is 1. The normalized spacial score (nSPS) is 43.6. The van der Waals surface area contributed by atoms with Gasteiger partial charge in [0.15, 0.2) is 0 Å². The molecule has 4 unspecified atom stereocenters. The van der Waals surface area contributed by atoms with Crippen molar-refractivity contribution in [3.63, 3.8) is 0 Å². The van der Waals surface area contributed by atoms with Gasteiger partial charge in [0.2, 0.25) is 0 Å². The molecule has 0 spiro atoms. The monoisotopic (exact) mass is 188 g/mol. The van der Waals surface area contributed by atoms with E-state index in [1.54, 1.807) is 0 Å². The fourth-order valence-corrected chi connectivity index (χ4v) is 3.08. The van der Waals surface area contributed by atoms with Gasteiger partial charge in [-0.1, -0.05) is 36.0 Å². The van der Waals surface area contributed by atoms with Crippen molar-refractivity contribution in [2.75, 3.05) is 6.54 Å². The molecule has 3 aliphatic rings. The summed E-state index contributed by atoms with van der Waals surface area (Å²) in [5.41, 5.74) is 7.19. The first kappa shape index (κ1) is 8.45. The summed E-state index contributed by atoms with van der Waals surface area (Å²) in [7, 11) is 0. The zero-order chi connectivity index (χ0) is 9.54. The highest BCUT2D eigenvalue weighted by molar-refractivity contribution is 5.33. The van der Waals surface area contributed by atoms with Crippen molar-refractivity contribution in [3.05, 3.63) is 36.0 Å². The summed E-state index contributed by atoms with van der Waals surface area (Å²) in [6.07, 6.45) is 12.5. The molecule has 0 saturated carbocycles. The zero-order valence-corrected chi connectivity index (χ0v) is 8.19. The van der Waals surface area contributed by atoms with Gasteiger partial charge in [-0.15, -0.1) is 0 Å². The number of fused-ring (bicyclic) bond motifs is 3. The van der Waals surface area contributed by atoms with Crippen LogP contribution in [-0.2, 0) is 0 Å². The third-order valence-corrected chi connectivity index (χ3v) is 3.71. The van der Waals surface area contributed by atoms with Crippen LogP contribution in [0.15, 0.2) is 36.0 Å². The van der Waals surface area contributed by atoms with Gasteiger partial charge >= 0.3 is 0 Å². The Morgan fingerprint density at radius 3 is 3.21 bits per heavy atom. The van der Waals surface area contributed by atoms with Gasteiger partial charge in [0, 0.05) is 30.5 Å². The maximum atomic E-state index is 5.79. The van der Waals surface area contributed by atoms with E-state index in [1.165, 1.54) is 12.0 Å². The van der Waals surface area contributed by atoms with E-state index in [4.69, 9.17) is 5.73 Å². The molecule has 14 heavy (non-hydrogen) atoms. The molecule has 0 bridgehead atoms. The molecule has 1 heterocycles. The van der Waals surface area contributed by atoms with Crippen LogP contribution in [0.3, 0.4) is 0 Å². The lowest BCUT2D eigenvalue weighted by Gasteiger charge is -2.25. The van der Waals surface area contributed by atoms with Crippen LogP contribution >= 0.6 is 0 Å². The number of rotatable bonds is 1. The van der Waals surface area contributed by atoms with Crippen LogP contribution in [0.1, 0.15) is 6.42 Å². The summed E-state index contributed by atoms with van der Waals surface area (Å²) in [4.78, 5) is 0. The molecular weight excluding hydrogens is 172 g/mol. The molecule has 1 fully saturated rings. The number of nitrogens with two attached hydrogens (primary N) is 1. The summed E-state index contributed by atoms with van der Waals surface area (Å²) in [5, 5.41) is 3.67. The van der Waals surface area contributed by atoms with Gasteiger partial charge in [0.1, 0.15) is 0 Å². The van der Waals surface area contributed by atoms with Gasteiger partial charge < -0.3 is 11.1 Å². The lowest BCUT2D eigenvalue weighted by molar-refractivity contribution is 0.489. The summed E-state index contributed by atoms with van der Waals surface area (Å²) in [6, 6.07) is 1.18. The topological polar surface area (TPSA) is 38.0 Å². The minimum absolute atomic E-state index is 0.526. The largest absolute Gasteiger partial charge is 0.327 e. The average molecular weight is 188 g/mol. The molecule has 1 aliphatic heterocycles. The average Bonchev–Trinajstić information content (AvgIpc) is 2.75. The van der Waals surface area contributed by atoms with Crippen molar-refractivity contribution < 1.29 is 0 Å². The van der Waals surface area contributed by atoms with Crippen LogP contribution in [0.2, 0.25) is 0 Å². The molecule has 0 aromatic rings. The Morgan fingerprint density at radius 1 is 1.43 bits per heavy atom. The lowest BCUT2D eigenvalue weighted by Crippen LogP contribution is -2.32. The SMILES string of the molecule is NCC1=CC=CC2NC3CC=CC3C12. The summed E-state index contributed by atoms with van der Waals surface area (Å²) >= 11 is 0. The Balaban J connectivity index is 1.95. The predicted octanol–water partition coefficient (Wildman–Crippen LogP) is 0.974. The molecule has 2 aliphatic carbocycles. The fraction of sp³-hybridized carbons (Fsp3) is 0.500. The van der Waals surface area contributed by atoms with E-state index < -0.39 is 0 Å². The van der Waals surface area contributed by atoms with E-state index in [-0.39, 0.29) is 0 Å². The fourth-order valence-electron chi connectivity index (χ4n) is 3.08. The third-order valence-electron chi connectivity index (χ3n) is 3.71. The molecule has 4 atom stereocenters. The predicted molar refractivity (Wildman–Crippen MR) is 57.7 cm³/mol. The van der Waals surface area contributed by atoms with E-state index in [2.05, 4.69) is 35.7 Å². The van der Waals surface area contributed by atoms with Crippen LogP contribution in [0.4, 0.5) is 0 Å². The Labute approximate surface area is 84.6 Å². The van der Waals surface area contributed by atoms with Crippen LogP contribution in [-0.4, -0.2) is 18.6 Å². The summed E-state index contributed by atoms with van der Waals surface area (Å²) < 4.78 is 0. The highest BCUT2D eigenvalue weighted by Crippen LogP contribution is 2.40. The molecule has 3 N–H and O–H groups in total. The molecule has 74 valence electrons. The quantitative estimate of drug-likeness (QED) is 0.602. The van der Waals surface area contributed by atoms with Gasteiger partial charge in [-0.3, -0.25) is 0 Å². The molecule has 0 aromatic carbocycles. The zero-order valence-electron chi connectivity index (χ0n) is 8.19. The molecule has 0 aromatic heterocycles. The number of hydrogen-bond donors (Lipinski definition) is 2. The second-order valence-electron chi connectivity index (χ2n) is 4.40.